The average molecular weight is 412 g/mol. The van der Waals surface area contributed by atoms with Gasteiger partial charge in [-0.25, -0.2) is 9.97 Å². The molecule has 5 nitrogen and oxygen atoms in total. The summed E-state index contributed by atoms with van der Waals surface area (Å²) in [5, 5.41) is 3.57. The number of carbonyl (C=O) groups excluding carboxylic acids is 1. The van der Waals surface area contributed by atoms with Gasteiger partial charge in [0.2, 0.25) is 0 Å². The summed E-state index contributed by atoms with van der Waals surface area (Å²) in [5.41, 5.74) is 2.40. The normalized spacial score (nSPS) is 15.0. The number of amides is 1. The number of fused-ring (bicyclic) bond motifs is 1. The van der Waals surface area contributed by atoms with Crippen LogP contribution >= 0.6 is 23.4 Å². The van der Waals surface area contributed by atoms with Crippen molar-refractivity contribution in [3.05, 3.63) is 71.0 Å². The fraction of sp³-hybridized carbons (Fsp3) is 0.190. The lowest BCUT2D eigenvalue weighted by Crippen LogP contribution is -2.34. The summed E-state index contributed by atoms with van der Waals surface area (Å²) in [4.78, 5) is 22.1. The molecule has 7 heteroatoms. The third-order valence-electron chi connectivity index (χ3n) is 4.51. The number of thioether (sulfide) groups is 1. The topological polar surface area (TPSA) is 64.1 Å². The number of rotatable bonds is 5. The molecule has 4 rings (SSSR count). The van der Waals surface area contributed by atoms with Gasteiger partial charge in [-0.2, -0.15) is 0 Å². The predicted octanol–water partition coefficient (Wildman–Crippen LogP) is 4.25. The quantitative estimate of drug-likeness (QED) is 0.636. The molecule has 1 atom stereocenters. The molecule has 1 aromatic heterocycles. The van der Waals surface area contributed by atoms with E-state index in [9.17, 15) is 4.79 Å². The summed E-state index contributed by atoms with van der Waals surface area (Å²) in [6, 6.07) is 13.0. The zero-order valence-electron chi connectivity index (χ0n) is 15.2. The fourth-order valence-corrected chi connectivity index (χ4v) is 3.81. The van der Waals surface area contributed by atoms with E-state index in [2.05, 4.69) is 15.3 Å². The van der Waals surface area contributed by atoms with E-state index in [4.69, 9.17) is 16.3 Å². The maximum atomic E-state index is 12.4. The third-order valence-corrected chi connectivity index (χ3v) is 5.47. The number of nitrogens with zero attached hydrogens (tertiary/aromatic N) is 2. The van der Waals surface area contributed by atoms with Crippen molar-refractivity contribution in [2.45, 2.75) is 17.4 Å². The Labute approximate surface area is 172 Å². The van der Waals surface area contributed by atoms with Gasteiger partial charge < -0.3 is 10.1 Å². The van der Waals surface area contributed by atoms with Crippen LogP contribution in [0.2, 0.25) is 5.02 Å². The molecule has 0 bridgehead atoms. The molecule has 0 saturated carbocycles. The van der Waals surface area contributed by atoms with Gasteiger partial charge in [0.1, 0.15) is 11.9 Å². The van der Waals surface area contributed by atoms with Crippen LogP contribution in [-0.2, 0) is 6.42 Å². The zero-order chi connectivity index (χ0) is 19.5. The number of aromatic nitrogens is 2. The molecule has 1 aliphatic heterocycles. The molecule has 1 N–H and O–H groups in total. The van der Waals surface area contributed by atoms with Crippen LogP contribution in [0.15, 0.2) is 59.8 Å². The molecular formula is C21H18ClN3O2S. The summed E-state index contributed by atoms with van der Waals surface area (Å²) >= 11 is 7.92. The van der Waals surface area contributed by atoms with Crippen molar-refractivity contribution in [3.63, 3.8) is 0 Å². The molecule has 28 heavy (non-hydrogen) atoms. The molecule has 0 spiro atoms. The van der Waals surface area contributed by atoms with E-state index >= 15 is 0 Å². The molecule has 142 valence electrons. The Balaban J connectivity index is 1.46. The summed E-state index contributed by atoms with van der Waals surface area (Å²) in [5.74, 6) is 1.19. The number of benzene rings is 2. The average Bonchev–Trinajstić information content (AvgIpc) is 3.14. The highest BCUT2D eigenvalue weighted by molar-refractivity contribution is 7.98. The predicted molar refractivity (Wildman–Crippen MR) is 111 cm³/mol. The highest BCUT2D eigenvalue weighted by Crippen LogP contribution is 2.39. The van der Waals surface area contributed by atoms with E-state index in [0.29, 0.717) is 29.4 Å². The van der Waals surface area contributed by atoms with Crippen LogP contribution in [0.1, 0.15) is 15.9 Å². The molecule has 1 amide bonds. The molecular weight excluding hydrogens is 394 g/mol. The van der Waals surface area contributed by atoms with Gasteiger partial charge in [0, 0.05) is 39.9 Å². The Kier molecular flexibility index (Phi) is 5.50. The maximum absolute atomic E-state index is 12.4. The van der Waals surface area contributed by atoms with Crippen molar-refractivity contribution >= 4 is 29.3 Å². The number of carbonyl (C=O) groups is 1. The standard InChI is InChI=1S/C21H18ClN3O2S/c1-28-17-5-3-13(4-6-17)21(26)25-12-16-10-14-9-15(22)11-18(19(14)27-16)20-23-7-2-8-24-20/h2-9,11,16H,10,12H2,1H3,(H,25,26). The SMILES string of the molecule is CSc1ccc(C(=O)NCC2Cc3cc(Cl)cc(-c4ncccn4)c3O2)cc1. The summed E-state index contributed by atoms with van der Waals surface area (Å²) in [6.07, 6.45) is 5.88. The number of halogens is 1. The van der Waals surface area contributed by atoms with Gasteiger partial charge in [-0.1, -0.05) is 11.6 Å². The Hall–Kier alpha value is -2.57. The maximum Gasteiger partial charge on any atom is 0.251 e. The first-order valence-electron chi connectivity index (χ1n) is 8.83. The van der Waals surface area contributed by atoms with Crippen molar-refractivity contribution < 1.29 is 9.53 Å². The van der Waals surface area contributed by atoms with Crippen molar-refractivity contribution in [3.8, 4) is 17.1 Å². The summed E-state index contributed by atoms with van der Waals surface area (Å²) < 4.78 is 6.11. The molecule has 0 fully saturated rings. The number of ether oxygens (including phenoxy) is 1. The van der Waals surface area contributed by atoms with Crippen LogP contribution in [0.4, 0.5) is 0 Å². The first-order chi connectivity index (χ1) is 13.6. The lowest BCUT2D eigenvalue weighted by atomic mass is 10.1. The first-order valence-corrected chi connectivity index (χ1v) is 10.4. The van der Waals surface area contributed by atoms with Crippen LogP contribution < -0.4 is 10.1 Å². The van der Waals surface area contributed by atoms with Gasteiger partial charge in [0.05, 0.1) is 12.1 Å². The Morgan fingerprint density at radius 2 is 2.00 bits per heavy atom. The highest BCUT2D eigenvalue weighted by Gasteiger charge is 2.28. The number of hydrogen-bond acceptors (Lipinski definition) is 5. The molecule has 0 saturated heterocycles. The van der Waals surface area contributed by atoms with E-state index in [0.717, 1.165) is 21.8 Å². The second-order valence-electron chi connectivity index (χ2n) is 6.40. The van der Waals surface area contributed by atoms with Crippen LogP contribution in [0, 0.1) is 0 Å². The largest absolute Gasteiger partial charge is 0.487 e. The van der Waals surface area contributed by atoms with Crippen LogP contribution in [0.5, 0.6) is 5.75 Å². The minimum absolute atomic E-state index is 0.114. The zero-order valence-corrected chi connectivity index (χ0v) is 16.8. The number of hydrogen-bond donors (Lipinski definition) is 1. The van der Waals surface area contributed by atoms with Gasteiger partial charge in [-0.05, 0) is 48.7 Å². The van der Waals surface area contributed by atoms with Crippen molar-refractivity contribution in [2.75, 3.05) is 12.8 Å². The molecule has 0 radical (unpaired) electrons. The Morgan fingerprint density at radius 1 is 1.25 bits per heavy atom. The van der Waals surface area contributed by atoms with Crippen LogP contribution in [0.3, 0.4) is 0 Å². The monoisotopic (exact) mass is 411 g/mol. The molecule has 0 aliphatic carbocycles. The minimum atomic E-state index is -0.162. The van der Waals surface area contributed by atoms with Crippen LogP contribution in [-0.4, -0.2) is 34.8 Å². The highest BCUT2D eigenvalue weighted by atomic mass is 35.5. The van der Waals surface area contributed by atoms with Crippen molar-refractivity contribution in [1.29, 1.82) is 0 Å². The molecule has 3 aromatic rings. The molecule has 2 aromatic carbocycles. The van der Waals surface area contributed by atoms with Crippen molar-refractivity contribution in [2.24, 2.45) is 0 Å². The lowest BCUT2D eigenvalue weighted by molar-refractivity contribution is 0.0933. The Morgan fingerprint density at radius 3 is 2.71 bits per heavy atom. The lowest BCUT2D eigenvalue weighted by Gasteiger charge is -2.13. The van der Waals surface area contributed by atoms with Gasteiger partial charge in [0.25, 0.3) is 5.91 Å². The second-order valence-corrected chi connectivity index (χ2v) is 7.71. The smallest absolute Gasteiger partial charge is 0.251 e. The molecule has 2 heterocycles. The molecule has 1 aliphatic rings. The van der Waals surface area contributed by atoms with E-state index in [1.807, 2.05) is 42.7 Å². The first kappa shape index (κ1) is 18.8. The van der Waals surface area contributed by atoms with Gasteiger partial charge in [-0.15, -0.1) is 11.8 Å². The minimum Gasteiger partial charge on any atom is -0.487 e. The second kappa shape index (κ2) is 8.20. The summed E-state index contributed by atoms with van der Waals surface area (Å²) in [7, 11) is 0. The molecule has 1 unspecified atom stereocenters. The van der Waals surface area contributed by atoms with Gasteiger partial charge >= 0.3 is 0 Å². The van der Waals surface area contributed by atoms with E-state index in [1.54, 1.807) is 30.2 Å². The summed E-state index contributed by atoms with van der Waals surface area (Å²) in [6.45, 7) is 0.407. The van der Waals surface area contributed by atoms with Gasteiger partial charge in [-0.3, -0.25) is 4.79 Å². The fourth-order valence-electron chi connectivity index (χ4n) is 3.16. The van der Waals surface area contributed by atoms with E-state index < -0.39 is 0 Å². The van der Waals surface area contributed by atoms with E-state index in [-0.39, 0.29) is 12.0 Å². The van der Waals surface area contributed by atoms with Crippen LogP contribution in [0.25, 0.3) is 11.4 Å². The van der Waals surface area contributed by atoms with E-state index in [1.165, 1.54) is 0 Å². The van der Waals surface area contributed by atoms with Gasteiger partial charge in [0.15, 0.2) is 5.82 Å². The van der Waals surface area contributed by atoms with Crippen molar-refractivity contribution in [1.82, 2.24) is 15.3 Å². The third kappa shape index (κ3) is 3.98. The Bertz CT molecular complexity index is 997. The number of nitrogens with one attached hydrogen (secondary N) is 1.